The molecule has 0 atom stereocenters. The minimum absolute atomic E-state index is 0.124. The lowest BCUT2D eigenvalue weighted by Crippen LogP contribution is -2.13. The number of ether oxygens (including phenoxy) is 1. The second-order valence-electron chi connectivity index (χ2n) is 6.38. The Bertz CT molecular complexity index is 1290. The summed E-state index contributed by atoms with van der Waals surface area (Å²) in [7, 11) is 0. The number of aromatic nitrogens is 6. The van der Waals surface area contributed by atoms with Gasteiger partial charge < -0.3 is 13.5 Å². The van der Waals surface area contributed by atoms with Crippen molar-refractivity contribution >= 4 is 33.2 Å². The Morgan fingerprint density at radius 3 is 2.43 bits per heavy atom. The quantitative estimate of drug-likeness (QED) is 0.375. The molecule has 30 heavy (non-hydrogen) atoms. The number of imidazole rings is 2. The second kappa shape index (κ2) is 8.91. The van der Waals surface area contributed by atoms with Gasteiger partial charge in [-0.15, -0.1) is 0 Å². The number of hydrogen-bond donors (Lipinski definition) is 0. The Labute approximate surface area is 180 Å². The van der Waals surface area contributed by atoms with Crippen LogP contribution in [0, 0.1) is 0 Å². The van der Waals surface area contributed by atoms with Gasteiger partial charge >= 0.3 is 5.97 Å². The molecule has 0 aliphatic carbocycles. The monoisotopic (exact) mass is 466 g/mol. The van der Waals surface area contributed by atoms with E-state index < -0.39 is 0 Å². The fourth-order valence-corrected chi connectivity index (χ4v) is 3.24. The van der Waals surface area contributed by atoms with Crippen molar-refractivity contribution in [3.63, 3.8) is 0 Å². The van der Waals surface area contributed by atoms with Gasteiger partial charge in [0.15, 0.2) is 0 Å². The van der Waals surface area contributed by atoms with Crippen LogP contribution in [0.15, 0.2) is 78.3 Å². The fourth-order valence-electron chi connectivity index (χ4n) is 2.91. The highest BCUT2D eigenvalue weighted by Gasteiger charge is 2.07. The summed E-state index contributed by atoms with van der Waals surface area (Å²) in [4.78, 5) is 19.8. The van der Waals surface area contributed by atoms with Crippen LogP contribution in [-0.2, 0) is 16.1 Å². The van der Waals surface area contributed by atoms with Gasteiger partial charge in [0.05, 0.1) is 12.8 Å². The number of fused-ring (bicyclic) bond motifs is 2. The molecule has 0 spiro atoms. The van der Waals surface area contributed by atoms with E-state index in [0.29, 0.717) is 6.61 Å². The minimum Gasteiger partial charge on any atom is -0.465 e. The number of nitrogens with zero attached hydrogens (tertiary/aromatic N) is 6. The average molecular weight is 467 g/mol. The predicted octanol–water partition coefficient (Wildman–Crippen LogP) is 3.86. The number of halogens is 1. The molecular formula is C21H19BrN6O2. The van der Waals surface area contributed by atoms with Crippen LogP contribution in [0.2, 0.25) is 0 Å². The SMILES string of the molecule is Brc1ccn2ccnc2c1.CCOC(=O)Cn1cc(-c2ccn3ccnc3c2)cn1. The smallest absolute Gasteiger partial charge is 0.327 e. The standard InChI is InChI=1S/C14H14N4O2.C7H5BrN2/c1-2-20-14(19)10-18-9-12(8-16-18)11-3-5-17-6-4-15-13(17)7-11;8-6-1-3-10-4-2-9-7(10)5-6/h3-9H,2,10H2,1H3;1-5H. The zero-order valence-corrected chi connectivity index (χ0v) is 17.8. The first-order valence-corrected chi connectivity index (χ1v) is 10.1. The average Bonchev–Trinajstić information content (AvgIpc) is 3.48. The largest absolute Gasteiger partial charge is 0.465 e. The summed E-state index contributed by atoms with van der Waals surface area (Å²) in [5.41, 5.74) is 3.80. The van der Waals surface area contributed by atoms with Gasteiger partial charge in [-0.2, -0.15) is 5.10 Å². The molecule has 0 fully saturated rings. The maximum absolute atomic E-state index is 11.4. The molecule has 9 heteroatoms. The molecule has 0 unspecified atom stereocenters. The highest BCUT2D eigenvalue weighted by atomic mass is 79.9. The molecular weight excluding hydrogens is 448 g/mol. The highest BCUT2D eigenvalue weighted by Crippen LogP contribution is 2.19. The summed E-state index contributed by atoms with van der Waals surface area (Å²) in [6.45, 7) is 2.29. The Morgan fingerprint density at radius 1 is 1.00 bits per heavy atom. The molecule has 0 aromatic carbocycles. The van der Waals surface area contributed by atoms with Crippen molar-refractivity contribution in [1.82, 2.24) is 28.5 Å². The molecule has 0 N–H and O–H groups in total. The third kappa shape index (κ3) is 4.57. The summed E-state index contributed by atoms with van der Waals surface area (Å²) >= 11 is 3.36. The van der Waals surface area contributed by atoms with E-state index in [1.807, 2.05) is 64.1 Å². The molecule has 5 rings (SSSR count). The molecule has 0 amide bonds. The van der Waals surface area contributed by atoms with E-state index in [0.717, 1.165) is 26.9 Å². The van der Waals surface area contributed by atoms with Crippen molar-refractivity contribution in [2.45, 2.75) is 13.5 Å². The summed E-state index contributed by atoms with van der Waals surface area (Å²) in [6, 6.07) is 7.92. The molecule has 0 saturated heterocycles. The van der Waals surface area contributed by atoms with E-state index in [9.17, 15) is 4.79 Å². The van der Waals surface area contributed by atoms with Gasteiger partial charge in [-0.3, -0.25) is 9.48 Å². The maximum atomic E-state index is 11.4. The van der Waals surface area contributed by atoms with E-state index in [4.69, 9.17) is 4.74 Å². The first kappa shape index (κ1) is 19.8. The lowest BCUT2D eigenvalue weighted by atomic mass is 10.1. The van der Waals surface area contributed by atoms with Crippen molar-refractivity contribution < 1.29 is 9.53 Å². The zero-order valence-electron chi connectivity index (χ0n) is 16.2. The van der Waals surface area contributed by atoms with Gasteiger partial charge in [-0.1, -0.05) is 15.9 Å². The van der Waals surface area contributed by atoms with Gasteiger partial charge in [-0.25, -0.2) is 9.97 Å². The summed E-state index contributed by atoms with van der Waals surface area (Å²) in [5, 5.41) is 4.17. The number of pyridine rings is 2. The molecule has 0 bridgehead atoms. The van der Waals surface area contributed by atoms with E-state index >= 15 is 0 Å². The molecule has 8 nitrogen and oxygen atoms in total. The molecule has 152 valence electrons. The highest BCUT2D eigenvalue weighted by molar-refractivity contribution is 9.10. The predicted molar refractivity (Wildman–Crippen MR) is 116 cm³/mol. The molecule has 5 heterocycles. The molecule has 0 saturated carbocycles. The fraction of sp³-hybridized carbons (Fsp3) is 0.143. The van der Waals surface area contributed by atoms with Crippen molar-refractivity contribution in [3.05, 3.63) is 78.3 Å². The van der Waals surface area contributed by atoms with Crippen LogP contribution >= 0.6 is 15.9 Å². The van der Waals surface area contributed by atoms with E-state index in [1.54, 1.807) is 30.2 Å². The Kier molecular flexibility index (Phi) is 5.89. The number of hydrogen-bond acceptors (Lipinski definition) is 5. The van der Waals surface area contributed by atoms with Gasteiger partial charge in [0.2, 0.25) is 0 Å². The van der Waals surface area contributed by atoms with Crippen LogP contribution in [0.25, 0.3) is 22.4 Å². The van der Waals surface area contributed by atoms with Gasteiger partial charge in [0, 0.05) is 53.4 Å². The van der Waals surface area contributed by atoms with Crippen LogP contribution in [0.4, 0.5) is 0 Å². The zero-order chi connectivity index (χ0) is 20.9. The van der Waals surface area contributed by atoms with E-state index in [-0.39, 0.29) is 12.5 Å². The van der Waals surface area contributed by atoms with Crippen molar-refractivity contribution in [1.29, 1.82) is 0 Å². The lowest BCUT2D eigenvalue weighted by Gasteiger charge is -2.01. The third-order valence-corrected chi connectivity index (χ3v) is 4.81. The topological polar surface area (TPSA) is 78.7 Å². The normalized spacial score (nSPS) is 10.7. The van der Waals surface area contributed by atoms with E-state index in [1.165, 1.54) is 0 Å². The third-order valence-electron chi connectivity index (χ3n) is 4.32. The molecule has 0 radical (unpaired) electrons. The molecule has 0 aliphatic rings. The number of carbonyl (C=O) groups is 1. The van der Waals surface area contributed by atoms with Gasteiger partial charge in [0.25, 0.3) is 0 Å². The van der Waals surface area contributed by atoms with E-state index in [2.05, 4.69) is 31.0 Å². The summed E-state index contributed by atoms with van der Waals surface area (Å²) < 4.78 is 11.4. The maximum Gasteiger partial charge on any atom is 0.327 e. The Hall–Kier alpha value is -3.46. The van der Waals surface area contributed by atoms with Crippen molar-refractivity contribution in [2.24, 2.45) is 0 Å². The Balaban J connectivity index is 0.000000181. The van der Waals surface area contributed by atoms with Crippen molar-refractivity contribution in [2.75, 3.05) is 6.61 Å². The van der Waals surface area contributed by atoms with Gasteiger partial charge in [-0.05, 0) is 36.8 Å². The number of rotatable bonds is 4. The van der Waals surface area contributed by atoms with Crippen LogP contribution in [0.5, 0.6) is 0 Å². The summed E-state index contributed by atoms with van der Waals surface area (Å²) in [5.74, 6) is -0.286. The van der Waals surface area contributed by atoms with Crippen LogP contribution in [-0.4, -0.2) is 41.1 Å². The van der Waals surface area contributed by atoms with Crippen LogP contribution in [0.1, 0.15) is 6.92 Å². The van der Waals surface area contributed by atoms with Crippen LogP contribution in [0.3, 0.4) is 0 Å². The summed E-state index contributed by atoms with van der Waals surface area (Å²) in [6.07, 6.45) is 14.8. The molecule has 0 aliphatic heterocycles. The molecule has 5 aromatic heterocycles. The number of carbonyl (C=O) groups excluding carboxylic acids is 1. The van der Waals surface area contributed by atoms with Gasteiger partial charge in [0.1, 0.15) is 17.8 Å². The molecule has 5 aromatic rings. The Morgan fingerprint density at radius 2 is 1.70 bits per heavy atom. The number of esters is 1. The first-order valence-electron chi connectivity index (χ1n) is 9.32. The minimum atomic E-state index is -0.286. The first-order chi connectivity index (χ1) is 14.6. The lowest BCUT2D eigenvalue weighted by molar-refractivity contribution is -0.144. The second-order valence-corrected chi connectivity index (χ2v) is 7.29. The van der Waals surface area contributed by atoms with Crippen molar-refractivity contribution in [3.8, 4) is 11.1 Å². The van der Waals surface area contributed by atoms with Crippen LogP contribution < -0.4 is 0 Å².